The minimum atomic E-state index is -0.0622. The molecule has 4 nitrogen and oxygen atoms in total. The van der Waals surface area contributed by atoms with Crippen LogP contribution in [0.2, 0.25) is 0 Å². The number of ketones is 4. The van der Waals surface area contributed by atoms with Crippen molar-refractivity contribution in [3.63, 3.8) is 0 Å². The summed E-state index contributed by atoms with van der Waals surface area (Å²) < 4.78 is 0. The maximum absolute atomic E-state index is 12.7. The van der Waals surface area contributed by atoms with Gasteiger partial charge in [-0.1, -0.05) is 58.7 Å². The zero-order valence-corrected chi connectivity index (χ0v) is 21.8. The third-order valence-corrected chi connectivity index (χ3v) is 6.46. The van der Waals surface area contributed by atoms with E-state index in [4.69, 9.17) is 0 Å². The summed E-state index contributed by atoms with van der Waals surface area (Å²) in [7, 11) is 0. The molecule has 3 atom stereocenters. The maximum Gasteiger partial charge on any atom is 0.163 e. The first-order valence-electron chi connectivity index (χ1n) is 12.6. The van der Waals surface area contributed by atoms with Crippen LogP contribution in [-0.4, -0.2) is 23.1 Å². The van der Waals surface area contributed by atoms with Gasteiger partial charge in [-0.15, -0.1) is 0 Å². The van der Waals surface area contributed by atoms with Crippen LogP contribution in [0.15, 0.2) is 18.2 Å². The van der Waals surface area contributed by atoms with Crippen molar-refractivity contribution in [2.75, 3.05) is 0 Å². The minimum absolute atomic E-state index is 0.0460. The number of benzene rings is 1. The third kappa shape index (κ3) is 9.73. The van der Waals surface area contributed by atoms with Crippen molar-refractivity contribution in [2.24, 2.45) is 23.7 Å². The minimum Gasteiger partial charge on any atom is -0.300 e. The Hall–Kier alpha value is -2.10. The van der Waals surface area contributed by atoms with Crippen LogP contribution in [0.3, 0.4) is 0 Å². The van der Waals surface area contributed by atoms with Gasteiger partial charge in [0.2, 0.25) is 0 Å². The molecule has 4 heteroatoms. The van der Waals surface area contributed by atoms with Crippen LogP contribution >= 0.6 is 0 Å². The normalized spacial score (nSPS) is 17.0. The van der Waals surface area contributed by atoms with Crippen molar-refractivity contribution in [3.05, 3.63) is 34.9 Å². The highest BCUT2D eigenvalue weighted by molar-refractivity contribution is 6.00. The van der Waals surface area contributed by atoms with Gasteiger partial charge in [0, 0.05) is 24.3 Å². The highest BCUT2D eigenvalue weighted by Crippen LogP contribution is 2.36. The zero-order chi connectivity index (χ0) is 25.1. The van der Waals surface area contributed by atoms with Crippen molar-refractivity contribution in [1.82, 2.24) is 0 Å². The highest BCUT2D eigenvalue weighted by atomic mass is 16.1. The molecule has 1 aliphatic carbocycles. The first-order chi connectivity index (χ1) is 15.5. The number of hydrogen-bond donors (Lipinski definition) is 0. The molecule has 1 aromatic rings. The van der Waals surface area contributed by atoms with Crippen LogP contribution in [0.4, 0.5) is 0 Å². The van der Waals surface area contributed by atoms with E-state index in [2.05, 4.69) is 13.0 Å². The lowest BCUT2D eigenvalue weighted by Gasteiger charge is -2.31. The lowest BCUT2D eigenvalue weighted by molar-refractivity contribution is -0.130. The van der Waals surface area contributed by atoms with Gasteiger partial charge in [0.15, 0.2) is 5.78 Å². The third-order valence-electron chi connectivity index (χ3n) is 6.46. The lowest BCUT2D eigenvalue weighted by Crippen LogP contribution is -2.29. The quantitative estimate of drug-likeness (QED) is 0.346. The second kappa shape index (κ2) is 14.2. The highest BCUT2D eigenvalue weighted by Gasteiger charge is 2.32. The molecule has 0 amide bonds. The molecule has 0 N–H and O–H groups in total. The van der Waals surface area contributed by atoms with E-state index >= 15 is 0 Å². The van der Waals surface area contributed by atoms with Gasteiger partial charge in [0.1, 0.15) is 17.3 Å². The first-order valence-corrected chi connectivity index (χ1v) is 12.6. The van der Waals surface area contributed by atoms with Gasteiger partial charge in [0.05, 0.1) is 6.42 Å². The van der Waals surface area contributed by atoms with Gasteiger partial charge < -0.3 is 4.79 Å². The van der Waals surface area contributed by atoms with Gasteiger partial charge >= 0.3 is 0 Å². The smallest absolute Gasteiger partial charge is 0.163 e. The number of aryl methyl sites for hydroxylation is 1. The summed E-state index contributed by atoms with van der Waals surface area (Å²) in [6.07, 6.45) is 5.93. The maximum atomic E-state index is 12.7. The van der Waals surface area contributed by atoms with Crippen molar-refractivity contribution in [1.29, 1.82) is 0 Å². The fourth-order valence-electron chi connectivity index (χ4n) is 5.27. The summed E-state index contributed by atoms with van der Waals surface area (Å²) in [6, 6.07) is 6.10. The Kier molecular flexibility index (Phi) is 12.5. The lowest BCUT2D eigenvalue weighted by atomic mass is 9.72. The van der Waals surface area contributed by atoms with E-state index in [9.17, 15) is 19.2 Å². The van der Waals surface area contributed by atoms with Crippen LogP contribution in [0, 0.1) is 30.6 Å². The Morgan fingerprint density at radius 2 is 1.70 bits per heavy atom. The summed E-state index contributed by atoms with van der Waals surface area (Å²) in [6.45, 7) is 13.4. The molecule has 33 heavy (non-hydrogen) atoms. The fraction of sp³-hybridized carbons (Fsp3) is 0.655. The Balaban J connectivity index is 0.000000675. The van der Waals surface area contributed by atoms with Crippen LogP contribution < -0.4 is 0 Å². The average Bonchev–Trinajstić information content (AvgIpc) is 2.67. The van der Waals surface area contributed by atoms with Gasteiger partial charge in [-0.2, -0.15) is 0 Å². The average molecular weight is 457 g/mol. The largest absolute Gasteiger partial charge is 0.300 e. The summed E-state index contributed by atoms with van der Waals surface area (Å²) >= 11 is 0. The standard InChI is InChI=1S/C23H32O3.C6H12O/c1-5-8-18(20(6-2)21(25)11-16(4)24)12-17-13-19-10-7-9-15(3)23(19)22(26)14-17;1-5(2)4-6(3)7/h7,9-10,17-18,20H,5-6,8,11-14H2,1-4H3;5H,4H2,1-3H3. The van der Waals surface area contributed by atoms with Crippen molar-refractivity contribution in [2.45, 2.75) is 99.8 Å². The van der Waals surface area contributed by atoms with Crippen molar-refractivity contribution in [3.8, 4) is 0 Å². The molecule has 0 aliphatic heterocycles. The number of carbonyl (C=O) groups excluding carboxylic acids is 4. The second-order valence-corrected chi connectivity index (χ2v) is 10.3. The van der Waals surface area contributed by atoms with Crippen LogP contribution in [0.1, 0.15) is 108 Å². The number of carbonyl (C=O) groups is 4. The molecule has 0 heterocycles. The molecule has 0 bridgehead atoms. The molecule has 3 unspecified atom stereocenters. The van der Waals surface area contributed by atoms with E-state index in [0.717, 1.165) is 55.2 Å². The second-order valence-electron chi connectivity index (χ2n) is 10.3. The molecule has 0 spiro atoms. The summed E-state index contributed by atoms with van der Waals surface area (Å²) in [4.78, 5) is 46.9. The van der Waals surface area contributed by atoms with Crippen LogP contribution in [0.5, 0.6) is 0 Å². The van der Waals surface area contributed by atoms with E-state index in [1.807, 2.05) is 39.8 Å². The molecule has 0 radical (unpaired) electrons. The molecule has 0 aromatic heterocycles. The van der Waals surface area contributed by atoms with E-state index in [0.29, 0.717) is 18.3 Å². The zero-order valence-electron chi connectivity index (χ0n) is 21.8. The molecule has 1 aromatic carbocycles. The molecule has 0 fully saturated rings. The predicted octanol–water partition coefficient (Wildman–Crippen LogP) is 6.74. The Morgan fingerprint density at radius 1 is 1.03 bits per heavy atom. The molecule has 1 aliphatic rings. The molecular formula is C29H44O4. The summed E-state index contributed by atoms with van der Waals surface area (Å²) in [5, 5.41) is 0. The molecule has 0 saturated heterocycles. The van der Waals surface area contributed by atoms with Crippen LogP contribution in [-0.2, 0) is 20.8 Å². The summed E-state index contributed by atoms with van der Waals surface area (Å²) in [5.74, 6) is 1.58. The van der Waals surface area contributed by atoms with Crippen molar-refractivity contribution < 1.29 is 19.2 Å². The topological polar surface area (TPSA) is 68.3 Å². The van der Waals surface area contributed by atoms with Gasteiger partial charge in [-0.3, -0.25) is 14.4 Å². The molecular weight excluding hydrogens is 412 g/mol. The molecule has 184 valence electrons. The predicted molar refractivity (Wildman–Crippen MR) is 135 cm³/mol. The Morgan fingerprint density at radius 3 is 2.18 bits per heavy atom. The molecule has 2 rings (SSSR count). The summed E-state index contributed by atoms with van der Waals surface area (Å²) in [5.41, 5.74) is 3.14. The monoisotopic (exact) mass is 456 g/mol. The number of rotatable bonds is 11. The van der Waals surface area contributed by atoms with E-state index in [1.54, 1.807) is 6.92 Å². The van der Waals surface area contributed by atoms with E-state index in [-0.39, 0.29) is 41.4 Å². The molecule has 0 saturated carbocycles. The van der Waals surface area contributed by atoms with Gasteiger partial charge in [-0.05, 0) is 68.9 Å². The fourth-order valence-corrected chi connectivity index (χ4v) is 5.27. The van der Waals surface area contributed by atoms with Crippen molar-refractivity contribution >= 4 is 23.1 Å². The van der Waals surface area contributed by atoms with E-state index < -0.39 is 0 Å². The van der Waals surface area contributed by atoms with Crippen LogP contribution in [0.25, 0.3) is 0 Å². The Labute approximate surface area is 200 Å². The Bertz CT molecular complexity index is 821. The van der Waals surface area contributed by atoms with Gasteiger partial charge in [-0.25, -0.2) is 0 Å². The van der Waals surface area contributed by atoms with E-state index in [1.165, 1.54) is 6.92 Å². The SMILES string of the molecule is CC(=O)CC(C)C.CCCC(CC1CC(=O)c2c(C)cccc2C1)C(CC)C(=O)CC(C)=O. The first kappa shape index (κ1) is 28.9. The number of fused-ring (bicyclic) bond motifs is 1. The number of Topliss-reactive ketones (excluding diaryl/α,β-unsaturated/α-hetero) is 4. The number of hydrogen-bond acceptors (Lipinski definition) is 4. The van der Waals surface area contributed by atoms with Gasteiger partial charge in [0.25, 0.3) is 0 Å².